The predicted octanol–water partition coefficient (Wildman–Crippen LogP) is 5.76. The van der Waals surface area contributed by atoms with Crippen molar-refractivity contribution in [2.45, 2.75) is 133 Å². The number of aryl methyl sites for hydroxylation is 2. The van der Waals surface area contributed by atoms with Gasteiger partial charge >= 0.3 is 26.2 Å². The summed E-state index contributed by atoms with van der Waals surface area (Å²) in [7, 11) is 0. The molecule has 0 saturated heterocycles. The molecule has 0 fully saturated rings. The van der Waals surface area contributed by atoms with Crippen LogP contribution in [0.2, 0.25) is 0 Å². The zero-order valence-electron chi connectivity index (χ0n) is 29.7. The van der Waals surface area contributed by atoms with E-state index in [9.17, 15) is 0 Å². The topological polar surface area (TPSA) is 0 Å². The van der Waals surface area contributed by atoms with Crippen LogP contribution in [0.3, 0.4) is 0 Å². The van der Waals surface area contributed by atoms with Gasteiger partial charge in [-0.1, -0.05) is 131 Å². The number of allylic oxidation sites excluding steroid dienone is 4. The summed E-state index contributed by atoms with van der Waals surface area (Å²) in [5, 5.41) is 0. The summed E-state index contributed by atoms with van der Waals surface area (Å²) in [6.07, 6.45) is 5.07. The van der Waals surface area contributed by atoms with E-state index in [2.05, 4.69) is 134 Å². The number of hydrogen-bond donors (Lipinski definition) is 0. The van der Waals surface area contributed by atoms with E-state index >= 15 is 0 Å². The zero-order valence-corrected chi connectivity index (χ0v) is 33.7. The zero-order chi connectivity index (χ0) is 30.0. The Bertz CT molecular complexity index is 1390. The summed E-state index contributed by atoms with van der Waals surface area (Å²) in [6.45, 7) is 36.2. The molecule has 5 rings (SSSR count). The van der Waals surface area contributed by atoms with Crippen LogP contribution >= 0.6 is 0 Å². The predicted molar refractivity (Wildman–Crippen MR) is 175 cm³/mol. The van der Waals surface area contributed by atoms with E-state index in [1.165, 1.54) is 39.8 Å². The van der Waals surface area contributed by atoms with Gasteiger partial charge in [-0.25, -0.2) is 0 Å². The molecule has 2 aromatic carbocycles. The molecule has 0 amide bonds. The maximum Gasteiger partial charge on any atom is 2.00 e. The molecule has 0 radical (unpaired) electrons. The van der Waals surface area contributed by atoms with E-state index in [-0.39, 0.29) is 78.1 Å². The molecule has 0 saturated carbocycles. The van der Waals surface area contributed by atoms with Crippen molar-refractivity contribution in [2.75, 3.05) is 0 Å². The molecule has 3 heteroatoms. The largest absolute Gasteiger partial charge is 2.00 e. The van der Waals surface area contributed by atoms with Gasteiger partial charge in [0, 0.05) is 11.3 Å². The molecule has 2 aromatic rings. The van der Waals surface area contributed by atoms with Gasteiger partial charge in [0.25, 0.3) is 0 Å². The average Bonchev–Trinajstić information content (AvgIpc) is 3.41. The minimum Gasteiger partial charge on any atom is -1.00 e. The molecule has 234 valence electrons. The molecule has 43 heavy (non-hydrogen) atoms. The van der Waals surface area contributed by atoms with Crippen molar-refractivity contribution in [3.8, 4) is 11.1 Å². The average molecular weight is 699 g/mol. The standard InChI is InChI=1S/C40H56.2ClH.Zr/c1-23-16-30-28(20-32(23)37(7,8)9)29-21-33(38(10,11)12)24(2)17-31(29)35(30)40(39(13,14)15)22-25(3)27-18-26(19-34(27)40)36(4,5)6;;;/h16-17,19-21,25,35H,18,22H2,1-15H3;2*1H;/q;;;+2/p-2. The molecule has 2 unspecified atom stereocenters. The van der Waals surface area contributed by atoms with Crippen molar-refractivity contribution in [1.29, 1.82) is 0 Å². The van der Waals surface area contributed by atoms with Crippen molar-refractivity contribution >= 4 is 0 Å². The van der Waals surface area contributed by atoms with E-state index in [0.717, 1.165) is 6.42 Å². The van der Waals surface area contributed by atoms with Gasteiger partial charge in [-0.2, -0.15) is 0 Å². The molecular weight excluding hydrogens is 643 g/mol. The first-order valence-electron chi connectivity index (χ1n) is 15.8. The number of halogens is 2. The van der Waals surface area contributed by atoms with Crippen LogP contribution in [-0.4, -0.2) is 0 Å². The first-order chi connectivity index (χ1) is 18.1. The molecule has 0 nitrogen and oxygen atoms in total. The Kier molecular flexibility index (Phi) is 10.7. The number of fused-ring (bicyclic) bond motifs is 3. The maximum absolute atomic E-state index is 2.68. The molecule has 0 aliphatic heterocycles. The minimum atomic E-state index is 0. The molecule has 0 aromatic heterocycles. The Morgan fingerprint density at radius 1 is 0.651 bits per heavy atom. The minimum absolute atomic E-state index is 0. The molecule has 3 aliphatic carbocycles. The second-order valence-corrected chi connectivity index (χ2v) is 17.8. The third-order valence-electron chi connectivity index (χ3n) is 10.9. The summed E-state index contributed by atoms with van der Waals surface area (Å²) in [5.74, 6) is 0.978. The van der Waals surface area contributed by atoms with Crippen LogP contribution in [-0.2, 0) is 37.0 Å². The maximum atomic E-state index is 2.68. The van der Waals surface area contributed by atoms with Crippen molar-refractivity contribution in [3.05, 3.63) is 80.4 Å². The van der Waals surface area contributed by atoms with E-state index in [4.69, 9.17) is 0 Å². The molecule has 0 N–H and O–H groups in total. The Balaban J connectivity index is 0.00000215. The third kappa shape index (κ3) is 6.01. The molecular formula is C40H56Cl2Zr. The van der Waals surface area contributed by atoms with Crippen LogP contribution in [0.1, 0.15) is 142 Å². The number of hydrogen-bond acceptors (Lipinski definition) is 0. The Labute approximate surface area is 296 Å². The van der Waals surface area contributed by atoms with Gasteiger partial charge in [0.1, 0.15) is 0 Å². The van der Waals surface area contributed by atoms with Crippen molar-refractivity contribution < 1.29 is 51.0 Å². The van der Waals surface area contributed by atoms with Gasteiger partial charge in [-0.15, -0.1) is 0 Å². The molecule has 0 heterocycles. The van der Waals surface area contributed by atoms with Gasteiger partial charge in [-0.3, -0.25) is 0 Å². The van der Waals surface area contributed by atoms with Crippen LogP contribution in [0.15, 0.2) is 47.1 Å². The van der Waals surface area contributed by atoms with Crippen LogP contribution in [0, 0.1) is 36.0 Å². The summed E-state index contributed by atoms with van der Waals surface area (Å²) in [6, 6.07) is 10.4. The Hall–Kier alpha value is -0.617. The normalized spacial score (nSPS) is 21.8. The fraction of sp³-hybridized carbons (Fsp3) is 0.600. The van der Waals surface area contributed by atoms with Crippen LogP contribution in [0.25, 0.3) is 11.1 Å². The van der Waals surface area contributed by atoms with Crippen LogP contribution in [0.5, 0.6) is 0 Å². The first kappa shape index (κ1) is 38.6. The van der Waals surface area contributed by atoms with Gasteiger partial charge in [0.2, 0.25) is 0 Å². The van der Waals surface area contributed by atoms with E-state index in [0.29, 0.717) is 11.8 Å². The van der Waals surface area contributed by atoms with Gasteiger partial charge in [0.15, 0.2) is 0 Å². The third-order valence-corrected chi connectivity index (χ3v) is 10.9. The Morgan fingerprint density at radius 2 is 1.07 bits per heavy atom. The van der Waals surface area contributed by atoms with Crippen molar-refractivity contribution in [2.24, 2.45) is 22.2 Å². The summed E-state index contributed by atoms with van der Waals surface area (Å²) in [4.78, 5) is 0. The van der Waals surface area contributed by atoms with Crippen LogP contribution in [0.4, 0.5) is 0 Å². The quantitative estimate of drug-likeness (QED) is 0.356. The monoisotopic (exact) mass is 696 g/mol. The molecule has 0 bridgehead atoms. The number of rotatable bonds is 1. The molecule has 0 spiro atoms. The SMILES string of the molecule is Cc1cc2c(cc1C(C)(C)C)-c1cc(C(C)(C)C)c(C)cc1C2C1(C(C)(C)C)CC(C)C2=C1C=C(C(C)(C)C)C2.[Cl-].[Cl-].[Zr+2]. The second-order valence-electron chi connectivity index (χ2n) is 17.8. The second kappa shape index (κ2) is 11.9. The van der Waals surface area contributed by atoms with Gasteiger partial charge < -0.3 is 24.8 Å². The van der Waals surface area contributed by atoms with E-state index < -0.39 is 0 Å². The Morgan fingerprint density at radius 3 is 1.42 bits per heavy atom. The van der Waals surface area contributed by atoms with E-state index in [1.807, 2.05) is 0 Å². The van der Waals surface area contributed by atoms with Crippen molar-refractivity contribution in [1.82, 2.24) is 0 Å². The first-order valence-corrected chi connectivity index (χ1v) is 15.8. The summed E-state index contributed by atoms with van der Waals surface area (Å²) < 4.78 is 0. The fourth-order valence-electron chi connectivity index (χ4n) is 8.81. The summed E-state index contributed by atoms with van der Waals surface area (Å²) >= 11 is 0. The molecule has 3 aliphatic rings. The van der Waals surface area contributed by atoms with Crippen LogP contribution < -0.4 is 24.8 Å². The molecule has 2 atom stereocenters. The number of benzene rings is 2. The summed E-state index contributed by atoms with van der Waals surface area (Å²) in [5.41, 5.74) is 17.6. The van der Waals surface area contributed by atoms with E-state index in [1.54, 1.807) is 27.8 Å². The van der Waals surface area contributed by atoms with Gasteiger partial charge in [0.05, 0.1) is 0 Å². The van der Waals surface area contributed by atoms with Gasteiger partial charge in [-0.05, 0) is 104 Å². The fourth-order valence-corrected chi connectivity index (χ4v) is 8.81. The smallest absolute Gasteiger partial charge is 1.00 e. The van der Waals surface area contributed by atoms with Crippen molar-refractivity contribution in [3.63, 3.8) is 0 Å².